The molecule has 0 aliphatic carbocycles. The Hall–Kier alpha value is -0.770. The predicted molar refractivity (Wildman–Crippen MR) is 59.1 cm³/mol. The van der Waals surface area contributed by atoms with Crippen LogP contribution in [-0.4, -0.2) is 23.2 Å². The lowest BCUT2D eigenvalue weighted by molar-refractivity contribution is 0.216. The summed E-state index contributed by atoms with van der Waals surface area (Å²) in [5.74, 6) is 0. The highest BCUT2D eigenvalue weighted by Crippen LogP contribution is 2.06. The minimum Gasteiger partial charge on any atom is -0.334 e. The van der Waals surface area contributed by atoms with Gasteiger partial charge in [-0.05, 0) is 41.5 Å². The number of rotatable bonds is 2. The normalized spacial score (nSPS) is 14.8. The molecule has 0 saturated carbocycles. The number of urea groups is 1. The standard InChI is InChI=1S/C10H23N3O/c1-7(11)10(5,6)13-8(14)12-9(2,3)4/h7H,11H2,1-6H3,(H2,12,13,14). The zero-order valence-corrected chi connectivity index (χ0v) is 10.1. The van der Waals surface area contributed by atoms with Crippen LogP contribution in [0.4, 0.5) is 4.79 Å². The smallest absolute Gasteiger partial charge is 0.315 e. The van der Waals surface area contributed by atoms with Crippen molar-refractivity contribution in [3.8, 4) is 0 Å². The predicted octanol–water partition coefficient (Wildman–Crippen LogP) is 1.21. The SMILES string of the molecule is CC(N)C(C)(C)NC(=O)NC(C)(C)C. The first-order valence-electron chi connectivity index (χ1n) is 4.90. The van der Waals surface area contributed by atoms with Gasteiger partial charge in [-0.1, -0.05) is 0 Å². The molecular formula is C10H23N3O. The fourth-order valence-electron chi connectivity index (χ4n) is 0.778. The summed E-state index contributed by atoms with van der Waals surface area (Å²) in [7, 11) is 0. The van der Waals surface area contributed by atoms with Gasteiger partial charge in [-0.3, -0.25) is 0 Å². The highest BCUT2D eigenvalue weighted by molar-refractivity contribution is 5.75. The summed E-state index contributed by atoms with van der Waals surface area (Å²) < 4.78 is 0. The Balaban J connectivity index is 4.20. The Morgan fingerprint density at radius 3 is 1.86 bits per heavy atom. The van der Waals surface area contributed by atoms with Gasteiger partial charge in [-0.25, -0.2) is 4.79 Å². The second-order valence-corrected chi connectivity index (χ2v) is 5.34. The van der Waals surface area contributed by atoms with Crippen LogP contribution in [0.25, 0.3) is 0 Å². The summed E-state index contributed by atoms with van der Waals surface area (Å²) in [4.78, 5) is 11.5. The fourth-order valence-corrected chi connectivity index (χ4v) is 0.778. The van der Waals surface area contributed by atoms with Gasteiger partial charge in [-0.15, -0.1) is 0 Å². The van der Waals surface area contributed by atoms with E-state index < -0.39 is 5.54 Å². The molecule has 0 aromatic heterocycles. The maximum Gasteiger partial charge on any atom is 0.315 e. The molecule has 14 heavy (non-hydrogen) atoms. The van der Waals surface area contributed by atoms with Crippen LogP contribution in [0.3, 0.4) is 0 Å². The maximum absolute atomic E-state index is 11.5. The average molecular weight is 201 g/mol. The van der Waals surface area contributed by atoms with Gasteiger partial charge in [0.15, 0.2) is 0 Å². The maximum atomic E-state index is 11.5. The zero-order valence-electron chi connectivity index (χ0n) is 10.1. The van der Waals surface area contributed by atoms with E-state index in [-0.39, 0.29) is 17.6 Å². The van der Waals surface area contributed by atoms with Gasteiger partial charge >= 0.3 is 6.03 Å². The Bertz CT molecular complexity index is 204. The Morgan fingerprint density at radius 2 is 1.57 bits per heavy atom. The fraction of sp³-hybridized carbons (Fsp3) is 0.900. The molecule has 4 N–H and O–H groups in total. The van der Waals surface area contributed by atoms with Gasteiger partial charge in [0.1, 0.15) is 0 Å². The van der Waals surface area contributed by atoms with E-state index in [1.165, 1.54) is 0 Å². The van der Waals surface area contributed by atoms with E-state index >= 15 is 0 Å². The van der Waals surface area contributed by atoms with Gasteiger partial charge in [0.25, 0.3) is 0 Å². The van der Waals surface area contributed by atoms with Gasteiger partial charge < -0.3 is 16.4 Å². The molecule has 84 valence electrons. The third kappa shape index (κ3) is 5.07. The summed E-state index contributed by atoms with van der Waals surface area (Å²) >= 11 is 0. The van der Waals surface area contributed by atoms with Crippen LogP contribution < -0.4 is 16.4 Å². The molecule has 0 heterocycles. The van der Waals surface area contributed by atoms with Gasteiger partial charge in [0.2, 0.25) is 0 Å². The monoisotopic (exact) mass is 201 g/mol. The lowest BCUT2D eigenvalue weighted by atomic mass is 9.97. The van der Waals surface area contributed by atoms with Crippen LogP contribution in [0.15, 0.2) is 0 Å². The number of hydrogen-bond acceptors (Lipinski definition) is 2. The Morgan fingerprint density at radius 1 is 1.14 bits per heavy atom. The van der Waals surface area contributed by atoms with Crippen molar-refractivity contribution in [3.63, 3.8) is 0 Å². The van der Waals surface area contributed by atoms with E-state index in [2.05, 4.69) is 10.6 Å². The largest absolute Gasteiger partial charge is 0.334 e. The molecule has 0 radical (unpaired) electrons. The molecule has 4 heteroatoms. The molecule has 0 rings (SSSR count). The Labute approximate surface area is 86.6 Å². The molecule has 0 aromatic rings. The molecule has 2 amide bonds. The van der Waals surface area contributed by atoms with E-state index in [4.69, 9.17) is 5.73 Å². The van der Waals surface area contributed by atoms with Crippen LogP contribution in [0.1, 0.15) is 41.5 Å². The number of nitrogens with two attached hydrogens (primary N) is 1. The van der Waals surface area contributed by atoms with Crippen molar-refractivity contribution in [1.82, 2.24) is 10.6 Å². The summed E-state index contributed by atoms with van der Waals surface area (Å²) in [6.07, 6.45) is 0. The molecule has 0 saturated heterocycles. The van der Waals surface area contributed by atoms with E-state index in [1.807, 2.05) is 41.5 Å². The quantitative estimate of drug-likeness (QED) is 0.628. The van der Waals surface area contributed by atoms with Gasteiger partial charge in [-0.2, -0.15) is 0 Å². The minimum atomic E-state index is -0.394. The van der Waals surface area contributed by atoms with Crippen molar-refractivity contribution in [2.75, 3.05) is 0 Å². The van der Waals surface area contributed by atoms with E-state index in [9.17, 15) is 4.79 Å². The third-order valence-electron chi connectivity index (χ3n) is 2.06. The van der Waals surface area contributed by atoms with Gasteiger partial charge in [0, 0.05) is 11.6 Å². The van der Waals surface area contributed by atoms with Crippen molar-refractivity contribution < 1.29 is 4.79 Å². The molecule has 0 aliphatic heterocycles. The van der Waals surface area contributed by atoms with Crippen molar-refractivity contribution in [2.45, 2.75) is 58.7 Å². The van der Waals surface area contributed by atoms with E-state index in [0.29, 0.717) is 0 Å². The van der Waals surface area contributed by atoms with Crippen molar-refractivity contribution in [1.29, 1.82) is 0 Å². The summed E-state index contributed by atoms with van der Waals surface area (Å²) in [5, 5.41) is 5.66. The van der Waals surface area contributed by atoms with Crippen molar-refractivity contribution in [3.05, 3.63) is 0 Å². The molecular weight excluding hydrogens is 178 g/mol. The average Bonchev–Trinajstić information content (AvgIpc) is 1.79. The van der Waals surface area contributed by atoms with E-state index in [0.717, 1.165) is 0 Å². The molecule has 0 spiro atoms. The van der Waals surface area contributed by atoms with Crippen LogP contribution in [0, 0.1) is 0 Å². The van der Waals surface area contributed by atoms with Crippen LogP contribution in [-0.2, 0) is 0 Å². The summed E-state index contributed by atoms with van der Waals surface area (Å²) in [6.45, 7) is 11.5. The molecule has 1 unspecified atom stereocenters. The topological polar surface area (TPSA) is 67.1 Å². The number of nitrogens with one attached hydrogen (secondary N) is 2. The molecule has 0 bridgehead atoms. The molecule has 0 fully saturated rings. The summed E-state index contributed by atoms with van der Waals surface area (Å²) in [6, 6.07) is -0.270. The van der Waals surface area contributed by atoms with Crippen molar-refractivity contribution in [2.24, 2.45) is 5.73 Å². The second kappa shape index (κ2) is 4.17. The number of hydrogen-bond donors (Lipinski definition) is 3. The lowest BCUT2D eigenvalue weighted by Gasteiger charge is -2.32. The first-order chi connectivity index (χ1) is 6.04. The lowest BCUT2D eigenvalue weighted by Crippen LogP contribution is -2.59. The minimum absolute atomic E-state index is 0.0896. The zero-order chi connectivity index (χ0) is 11.6. The Kier molecular flexibility index (Phi) is 3.94. The van der Waals surface area contributed by atoms with Crippen LogP contribution in [0.2, 0.25) is 0 Å². The van der Waals surface area contributed by atoms with E-state index in [1.54, 1.807) is 0 Å². The van der Waals surface area contributed by atoms with Gasteiger partial charge in [0.05, 0.1) is 5.54 Å². The number of carbonyl (C=O) groups excluding carboxylic acids is 1. The highest BCUT2D eigenvalue weighted by atomic mass is 16.2. The van der Waals surface area contributed by atoms with Crippen LogP contribution >= 0.6 is 0 Å². The number of amides is 2. The second-order valence-electron chi connectivity index (χ2n) is 5.34. The first kappa shape index (κ1) is 13.2. The third-order valence-corrected chi connectivity index (χ3v) is 2.06. The molecule has 1 atom stereocenters. The number of carbonyl (C=O) groups is 1. The van der Waals surface area contributed by atoms with Crippen LogP contribution in [0.5, 0.6) is 0 Å². The molecule has 0 aromatic carbocycles. The molecule has 0 aliphatic rings. The van der Waals surface area contributed by atoms with Crippen molar-refractivity contribution >= 4 is 6.03 Å². The first-order valence-corrected chi connectivity index (χ1v) is 4.90. The molecule has 4 nitrogen and oxygen atoms in total. The summed E-state index contributed by atoms with van der Waals surface area (Å²) in [5.41, 5.74) is 5.12. The highest BCUT2D eigenvalue weighted by Gasteiger charge is 2.26.